The molecule has 0 radical (unpaired) electrons. The Labute approximate surface area is 228 Å². The van der Waals surface area contributed by atoms with Gasteiger partial charge in [-0.15, -0.1) is 13.2 Å². The zero-order valence-electron chi connectivity index (χ0n) is 21.4. The molecule has 2 fully saturated rings. The highest BCUT2D eigenvalue weighted by Crippen LogP contribution is 2.56. The van der Waals surface area contributed by atoms with E-state index in [1.807, 2.05) is 11.0 Å². The smallest absolute Gasteiger partial charge is 0.402 e. The van der Waals surface area contributed by atoms with Gasteiger partial charge in [0.1, 0.15) is 16.9 Å². The van der Waals surface area contributed by atoms with Crippen molar-refractivity contribution in [3.8, 4) is 17.1 Å². The van der Waals surface area contributed by atoms with Crippen LogP contribution in [-0.2, 0) is 0 Å². The van der Waals surface area contributed by atoms with Crippen LogP contribution in [0, 0.1) is 12.3 Å². The maximum atomic E-state index is 13.3. The van der Waals surface area contributed by atoms with Crippen LogP contribution in [0.25, 0.3) is 17.0 Å². The molecule has 15 heteroatoms. The van der Waals surface area contributed by atoms with Crippen LogP contribution in [0.4, 0.5) is 33.3 Å². The van der Waals surface area contributed by atoms with Gasteiger partial charge in [-0.3, -0.25) is 14.2 Å². The number of nitrogens with one attached hydrogen (secondary N) is 1. The third-order valence-corrected chi connectivity index (χ3v) is 7.36. The van der Waals surface area contributed by atoms with E-state index in [-0.39, 0.29) is 29.8 Å². The maximum absolute atomic E-state index is 13.3. The van der Waals surface area contributed by atoms with Crippen LogP contribution in [0.1, 0.15) is 29.0 Å². The Morgan fingerprint density at radius 1 is 1.07 bits per heavy atom. The summed E-state index contributed by atoms with van der Waals surface area (Å²) in [6, 6.07) is 5.12. The molecular weight excluding hydrogens is 553 g/mol. The lowest BCUT2D eigenvalue weighted by Crippen LogP contribution is -2.70. The standard InChI is InChI=1S/C26H22F5N7O3/c1-14-18(4-15(5-32-14)21-34-6-17(7-35-21)41-26(29,30)31)36-22(39)19-8-33-20-3-2-16(9-38(19)20)37-12-24(13-37)10-25(40,11-24)23(27)28/h2-9,23,40H,10-13H2,1H3,(H,36,39). The molecular formula is C26H22F5N7O3. The molecule has 1 aliphatic carbocycles. The average Bonchev–Trinajstić information content (AvgIpc) is 3.29. The number of nitrogens with zero attached hydrogens (tertiary/aromatic N) is 6. The third-order valence-electron chi connectivity index (χ3n) is 7.36. The molecule has 2 aliphatic rings. The van der Waals surface area contributed by atoms with Gasteiger partial charge < -0.3 is 20.1 Å². The van der Waals surface area contributed by atoms with Gasteiger partial charge in [-0.2, -0.15) is 0 Å². The van der Waals surface area contributed by atoms with Gasteiger partial charge in [-0.1, -0.05) is 0 Å². The molecule has 0 unspecified atom stereocenters. The first-order chi connectivity index (χ1) is 19.3. The van der Waals surface area contributed by atoms with E-state index in [0.29, 0.717) is 35.7 Å². The predicted molar refractivity (Wildman–Crippen MR) is 135 cm³/mol. The fourth-order valence-corrected chi connectivity index (χ4v) is 5.52. The van der Waals surface area contributed by atoms with Crippen molar-refractivity contribution in [3.05, 3.63) is 60.6 Å². The monoisotopic (exact) mass is 575 g/mol. The molecule has 0 atom stereocenters. The number of hydrogen-bond acceptors (Lipinski definition) is 8. The highest BCUT2D eigenvalue weighted by atomic mass is 19.4. The normalized spacial score (nSPS) is 17.4. The molecule has 1 saturated carbocycles. The summed E-state index contributed by atoms with van der Waals surface area (Å²) < 4.78 is 68.7. The van der Waals surface area contributed by atoms with Crippen LogP contribution in [0.15, 0.2) is 49.2 Å². The lowest BCUT2D eigenvalue weighted by molar-refractivity contribution is -0.274. The number of ether oxygens (including phenoxy) is 1. The highest BCUT2D eigenvalue weighted by Gasteiger charge is 2.63. The predicted octanol–water partition coefficient (Wildman–Crippen LogP) is 4.24. The van der Waals surface area contributed by atoms with Gasteiger partial charge in [0.05, 0.1) is 35.7 Å². The largest absolute Gasteiger partial charge is 0.573 e. The number of fused-ring (bicyclic) bond motifs is 1. The Kier molecular flexibility index (Phi) is 6.10. The van der Waals surface area contributed by atoms with Crippen LogP contribution in [0.2, 0.25) is 0 Å². The molecule has 10 nitrogen and oxygen atoms in total. The number of anilines is 2. The first-order valence-electron chi connectivity index (χ1n) is 12.4. The molecule has 4 aromatic rings. The van der Waals surface area contributed by atoms with Crippen molar-refractivity contribution in [2.75, 3.05) is 23.3 Å². The first-order valence-corrected chi connectivity index (χ1v) is 12.4. The number of imidazole rings is 1. The van der Waals surface area contributed by atoms with Gasteiger partial charge >= 0.3 is 6.36 Å². The number of aliphatic hydroxyl groups is 1. The lowest BCUT2D eigenvalue weighted by atomic mass is 9.55. The van der Waals surface area contributed by atoms with Gasteiger partial charge in [0.25, 0.3) is 12.3 Å². The fourth-order valence-electron chi connectivity index (χ4n) is 5.52. The summed E-state index contributed by atoms with van der Waals surface area (Å²) in [6.07, 6.45) is -1.19. The summed E-state index contributed by atoms with van der Waals surface area (Å²) >= 11 is 0. The number of carbonyl (C=O) groups is 1. The molecule has 0 aromatic carbocycles. The van der Waals surface area contributed by atoms with Gasteiger partial charge in [-0.05, 0) is 38.0 Å². The topological polar surface area (TPSA) is 118 Å². The Hall–Kier alpha value is -4.40. The summed E-state index contributed by atoms with van der Waals surface area (Å²) in [5, 5.41) is 12.7. The van der Waals surface area contributed by atoms with Gasteiger partial charge in [0.2, 0.25) is 0 Å². The number of aromatic nitrogens is 5. The zero-order valence-corrected chi connectivity index (χ0v) is 21.4. The van der Waals surface area contributed by atoms with E-state index in [4.69, 9.17) is 0 Å². The molecule has 6 rings (SSSR count). The van der Waals surface area contributed by atoms with E-state index in [9.17, 15) is 31.9 Å². The van der Waals surface area contributed by atoms with Crippen LogP contribution >= 0.6 is 0 Å². The maximum Gasteiger partial charge on any atom is 0.573 e. The number of hydrogen-bond donors (Lipinski definition) is 2. The molecule has 4 aromatic heterocycles. The minimum atomic E-state index is -4.87. The van der Waals surface area contributed by atoms with Crippen LogP contribution in [0.3, 0.4) is 0 Å². The summed E-state index contributed by atoms with van der Waals surface area (Å²) in [5.74, 6) is -0.988. The van der Waals surface area contributed by atoms with Crippen molar-refractivity contribution in [1.29, 1.82) is 0 Å². The van der Waals surface area contributed by atoms with Crippen molar-refractivity contribution < 1.29 is 36.6 Å². The summed E-state index contributed by atoms with van der Waals surface area (Å²) in [5.41, 5.74) is 0.435. The first kappa shape index (κ1) is 26.8. The highest BCUT2D eigenvalue weighted by molar-refractivity contribution is 6.04. The Balaban J connectivity index is 1.17. The Morgan fingerprint density at radius 2 is 1.78 bits per heavy atom. The number of aryl methyl sites for hydroxylation is 1. The van der Waals surface area contributed by atoms with E-state index >= 15 is 0 Å². The van der Waals surface area contributed by atoms with Crippen LogP contribution in [-0.4, -0.2) is 66.8 Å². The van der Waals surface area contributed by atoms with Gasteiger partial charge in [0, 0.05) is 36.5 Å². The molecule has 5 heterocycles. The molecule has 1 spiro atoms. The van der Waals surface area contributed by atoms with Crippen molar-refractivity contribution in [2.45, 2.75) is 38.2 Å². The SMILES string of the molecule is Cc1ncc(-c2ncc(OC(F)(F)F)cn2)cc1NC(=O)c1cnc2ccc(N3CC4(C3)CC(O)(C(F)F)C4)cn12. The van der Waals surface area contributed by atoms with Gasteiger partial charge in [0.15, 0.2) is 11.6 Å². The van der Waals surface area contributed by atoms with Crippen molar-refractivity contribution >= 4 is 22.9 Å². The van der Waals surface area contributed by atoms with Crippen molar-refractivity contribution in [2.24, 2.45) is 5.41 Å². The van der Waals surface area contributed by atoms with Gasteiger partial charge in [-0.25, -0.2) is 23.7 Å². The fraction of sp³-hybridized carbons (Fsp3) is 0.346. The summed E-state index contributed by atoms with van der Waals surface area (Å²) in [4.78, 5) is 31.6. The van der Waals surface area contributed by atoms with E-state index in [2.05, 4.69) is 30.0 Å². The number of alkyl halides is 5. The second kappa shape index (κ2) is 9.33. The molecule has 1 saturated heterocycles. The molecule has 1 amide bonds. The number of halogens is 5. The van der Waals surface area contributed by atoms with E-state index in [1.54, 1.807) is 29.7 Å². The quantitative estimate of drug-likeness (QED) is 0.328. The molecule has 2 N–H and O–H groups in total. The molecule has 41 heavy (non-hydrogen) atoms. The second-order valence-corrected chi connectivity index (χ2v) is 10.5. The lowest BCUT2D eigenvalue weighted by Gasteiger charge is -2.62. The summed E-state index contributed by atoms with van der Waals surface area (Å²) in [6.45, 7) is 2.71. The zero-order chi connectivity index (χ0) is 29.2. The number of rotatable bonds is 6. The van der Waals surface area contributed by atoms with Crippen LogP contribution < -0.4 is 15.0 Å². The number of amides is 1. The van der Waals surface area contributed by atoms with Crippen LogP contribution in [0.5, 0.6) is 5.75 Å². The molecule has 1 aliphatic heterocycles. The second-order valence-electron chi connectivity index (χ2n) is 10.5. The third kappa shape index (κ3) is 5.01. The minimum absolute atomic E-state index is 0.0537. The van der Waals surface area contributed by atoms with E-state index in [0.717, 1.165) is 18.1 Å². The number of carbonyl (C=O) groups excluding carboxylic acids is 1. The summed E-state index contributed by atoms with van der Waals surface area (Å²) in [7, 11) is 0. The van der Waals surface area contributed by atoms with Crippen molar-refractivity contribution in [3.63, 3.8) is 0 Å². The van der Waals surface area contributed by atoms with E-state index < -0.39 is 30.0 Å². The Morgan fingerprint density at radius 3 is 2.44 bits per heavy atom. The Bertz CT molecular complexity index is 1630. The minimum Gasteiger partial charge on any atom is -0.402 e. The van der Waals surface area contributed by atoms with E-state index in [1.165, 1.54) is 12.4 Å². The molecule has 214 valence electrons. The number of pyridine rings is 2. The average molecular weight is 575 g/mol. The molecule has 0 bridgehead atoms. The van der Waals surface area contributed by atoms with Crippen molar-refractivity contribution in [1.82, 2.24) is 24.3 Å².